The summed E-state index contributed by atoms with van der Waals surface area (Å²) in [6, 6.07) is 18.6. The second-order valence-electron chi connectivity index (χ2n) is 8.60. The van der Waals surface area contributed by atoms with E-state index in [1.165, 1.54) is 11.7 Å². The second kappa shape index (κ2) is 7.97. The Morgan fingerprint density at radius 2 is 1.67 bits per heavy atom. The fourth-order valence-corrected chi connectivity index (χ4v) is 5.16. The predicted octanol–water partition coefficient (Wildman–Crippen LogP) is 3.12. The molecule has 0 aliphatic carbocycles. The molecule has 7 heteroatoms. The minimum atomic E-state index is -1.15. The molecule has 166 valence electrons. The van der Waals surface area contributed by atoms with Crippen molar-refractivity contribution in [1.29, 1.82) is 0 Å². The van der Waals surface area contributed by atoms with Crippen LogP contribution in [0.15, 0.2) is 65.9 Å². The Labute approximate surface area is 190 Å². The number of aliphatic hydroxyl groups excluding tert-OH is 3. The number of aromatic nitrogens is 2. The van der Waals surface area contributed by atoms with Gasteiger partial charge in [0.25, 0.3) is 0 Å². The molecular formula is C26H23N3O4. The summed E-state index contributed by atoms with van der Waals surface area (Å²) in [5.74, 6) is -0.313. The Morgan fingerprint density at radius 1 is 0.909 bits per heavy atom. The van der Waals surface area contributed by atoms with Gasteiger partial charge in [-0.1, -0.05) is 48.5 Å². The molecule has 0 radical (unpaired) electrons. The summed E-state index contributed by atoms with van der Waals surface area (Å²) in [4.78, 5) is 13.8. The van der Waals surface area contributed by atoms with Crippen LogP contribution in [0.3, 0.4) is 0 Å². The molecule has 6 rings (SSSR count). The Morgan fingerprint density at radius 3 is 2.45 bits per heavy atom. The monoisotopic (exact) mass is 441 g/mol. The van der Waals surface area contributed by atoms with Crippen molar-refractivity contribution >= 4 is 33.4 Å². The van der Waals surface area contributed by atoms with Gasteiger partial charge in [-0.2, -0.15) is 0 Å². The van der Waals surface area contributed by atoms with E-state index >= 15 is 0 Å². The first kappa shape index (κ1) is 20.4. The van der Waals surface area contributed by atoms with Crippen LogP contribution < -0.4 is 0 Å². The van der Waals surface area contributed by atoms with Gasteiger partial charge >= 0.3 is 0 Å². The highest BCUT2D eigenvalue weighted by molar-refractivity contribution is 6.14. The first-order valence-electron chi connectivity index (χ1n) is 11.1. The molecule has 7 nitrogen and oxygen atoms in total. The van der Waals surface area contributed by atoms with Gasteiger partial charge in [0.15, 0.2) is 0 Å². The predicted molar refractivity (Wildman–Crippen MR) is 126 cm³/mol. The van der Waals surface area contributed by atoms with Crippen LogP contribution in [0, 0.1) is 0 Å². The lowest BCUT2D eigenvalue weighted by molar-refractivity contribution is -0.0301. The van der Waals surface area contributed by atoms with Crippen molar-refractivity contribution in [1.82, 2.24) is 9.97 Å². The zero-order valence-electron chi connectivity index (χ0n) is 17.7. The van der Waals surface area contributed by atoms with E-state index in [9.17, 15) is 15.3 Å². The molecule has 0 saturated carbocycles. The smallest absolute Gasteiger partial charge is 0.116 e. The number of aliphatic hydroxyl groups is 3. The van der Waals surface area contributed by atoms with E-state index < -0.39 is 24.4 Å². The quantitative estimate of drug-likeness (QED) is 0.422. The van der Waals surface area contributed by atoms with Gasteiger partial charge in [-0.15, -0.1) is 0 Å². The molecule has 1 fully saturated rings. The molecule has 3 N–H and O–H groups in total. The molecule has 0 spiro atoms. The van der Waals surface area contributed by atoms with Crippen LogP contribution in [0.2, 0.25) is 0 Å². The van der Waals surface area contributed by atoms with Gasteiger partial charge in [-0.3, -0.25) is 4.99 Å². The van der Waals surface area contributed by atoms with E-state index in [2.05, 4.69) is 45.3 Å². The van der Waals surface area contributed by atoms with Gasteiger partial charge < -0.3 is 20.1 Å². The van der Waals surface area contributed by atoms with Gasteiger partial charge in [-0.05, 0) is 34.0 Å². The number of nitrogens with zero attached hydrogens (tertiary/aromatic N) is 3. The zero-order chi connectivity index (χ0) is 22.5. The molecule has 0 bridgehead atoms. The molecule has 1 saturated heterocycles. The Kier molecular flexibility index (Phi) is 4.92. The molecule has 2 aliphatic rings. The first-order valence-corrected chi connectivity index (χ1v) is 11.1. The number of fused-ring (bicyclic) bond motifs is 4. The van der Waals surface area contributed by atoms with E-state index in [4.69, 9.17) is 4.74 Å². The van der Waals surface area contributed by atoms with Crippen LogP contribution in [0.1, 0.15) is 18.0 Å². The molecule has 2 aliphatic heterocycles. The Hall–Kier alpha value is -3.23. The SMILES string of the molecule is OC[C@H]1O[C@@H](C2CC=Nc3c(-c4cc5ccccc5c5ccccc45)ncnc32)[C@H](O)[C@@H]1O. The molecule has 1 aromatic heterocycles. The minimum absolute atomic E-state index is 0.313. The molecule has 33 heavy (non-hydrogen) atoms. The van der Waals surface area contributed by atoms with E-state index in [1.54, 1.807) is 6.21 Å². The van der Waals surface area contributed by atoms with E-state index in [-0.39, 0.29) is 12.5 Å². The summed E-state index contributed by atoms with van der Waals surface area (Å²) < 4.78 is 5.83. The van der Waals surface area contributed by atoms with Crippen molar-refractivity contribution in [3.8, 4) is 11.3 Å². The van der Waals surface area contributed by atoms with Crippen molar-refractivity contribution in [2.75, 3.05) is 6.61 Å². The Bertz CT molecular complexity index is 1390. The third-order valence-corrected chi connectivity index (χ3v) is 6.78. The maximum absolute atomic E-state index is 10.6. The number of rotatable bonds is 3. The van der Waals surface area contributed by atoms with Crippen molar-refractivity contribution in [3.05, 3.63) is 66.6 Å². The molecule has 4 aromatic rings. The number of hydrogen-bond acceptors (Lipinski definition) is 7. The summed E-state index contributed by atoms with van der Waals surface area (Å²) in [5, 5.41) is 34.9. The highest BCUT2D eigenvalue weighted by Gasteiger charge is 2.47. The van der Waals surface area contributed by atoms with Gasteiger partial charge in [-0.25, -0.2) is 9.97 Å². The highest BCUT2D eigenvalue weighted by Crippen LogP contribution is 2.44. The van der Waals surface area contributed by atoms with Crippen LogP contribution in [-0.4, -0.2) is 62.5 Å². The van der Waals surface area contributed by atoms with Crippen LogP contribution in [0.5, 0.6) is 0 Å². The third kappa shape index (κ3) is 3.16. The summed E-state index contributed by atoms with van der Waals surface area (Å²) in [6.45, 7) is -0.361. The average molecular weight is 441 g/mol. The lowest BCUT2D eigenvalue weighted by Crippen LogP contribution is -2.36. The number of benzene rings is 3. The molecule has 0 amide bonds. The fraction of sp³-hybridized carbons (Fsp3) is 0.269. The number of ether oxygens (including phenoxy) is 1. The largest absolute Gasteiger partial charge is 0.394 e. The Balaban J connectivity index is 1.53. The van der Waals surface area contributed by atoms with E-state index in [0.29, 0.717) is 17.8 Å². The lowest BCUT2D eigenvalue weighted by Gasteiger charge is -2.28. The van der Waals surface area contributed by atoms with Gasteiger partial charge in [0.1, 0.15) is 36.0 Å². The van der Waals surface area contributed by atoms with Crippen molar-refractivity contribution in [3.63, 3.8) is 0 Å². The average Bonchev–Trinajstić information content (AvgIpc) is 3.16. The highest BCUT2D eigenvalue weighted by atomic mass is 16.6. The van der Waals surface area contributed by atoms with Crippen LogP contribution in [0.4, 0.5) is 5.69 Å². The maximum atomic E-state index is 10.6. The van der Waals surface area contributed by atoms with E-state index in [1.807, 2.05) is 24.3 Å². The minimum Gasteiger partial charge on any atom is -0.394 e. The van der Waals surface area contributed by atoms with E-state index in [0.717, 1.165) is 27.4 Å². The number of hydrogen-bond donors (Lipinski definition) is 3. The molecule has 3 aromatic carbocycles. The standard InChI is InChI=1S/C26H23N3O4/c30-12-20-24(31)25(32)26(33-20)18-9-10-27-23-21(18)28-13-29-22(23)19-11-14-5-1-2-6-15(14)16-7-3-4-8-17(16)19/h1-8,10-11,13,18,20,24-26,30-32H,9,12H2/t18?,20-,24-,25-,26+/m1/s1. The molecule has 3 heterocycles. The van der Waals surface area contributed by atoms with Gasteiger partial charge in [0.05, 0.1) is 18.4 Å². The summed E-state index contributed by atoms with van der Waals surface area (Å²) in [6.07, 6.45) is 0.0378. The van der Waals surface area contributed by atoms with Gasteiger partial charge in [0, 0.05) is 17.7 Å². The number of aliphatic imine (C=N–C) groups is 1. The van der Waals surface area contributed by atoms with Crippen LogP contribution in [-0.2, 0) is 4.74 Å². The fourth-order valence-electron chi connectivity index (χ4n) is 5.16. The molecule has 5 atom stereocenters. The van der Waals surface area contributed by atoms with Crippen LogP contribution >= 0.6 is 0 Å². The van der Waals surface area contributed by atoms with Gasteiger partial charge in [0.2, 0.25) is 0 Å². The topological polar surface area (TPSA) is 108 Å². The van der Waals surface area contributed by atoms with Crippen molar-refractivity contribution in [2.24, 2.45) is 4.99 Å². The molecule has 1 unspecified atom stereocenters. The van der Waals surface area contributed by atoms with Crippen molar-refractivity contribution in [2.45, 2.75) is 36.8 Å². The lowest BCUT2D eigenvalue weighted by atomic mass is 9.87. The zero-order valence-corrected chi connectivity index (χ0v) is 17.7. The van der Waals surface area contributed by atoms with Crippen LogP contribution in [0.25, 0.3) is 32.8 Å². The second-order valence-corrected chi connectivity index (χ2v) is 8.60. The third-order valence-electron chi connectivity index (χ3n) is 6.78. The first-order chi connectivity index (χ1) is 16.2. The van der Waals surface area contributed by atoms with Crippen molar-refractivity contribution < 1.29 is 20.1 Å². The summed E-state index contributed by atoms with van der Waals surface area (Å²) >= 11 is 0. The normalized spacial score (nSPS) is 26.7. The summed E-state index contributed by atoms with van der Waals surface area (Å²) in [5.41, 5.74) is 3.00. The summed E-state index contributed by atoms with van der Waals surface area (Å²) in [7, 11) is 0. The maximum Gasteiger partial charge on any atom is 0.116 e. The molecular weight excluding hydrogens is 418 g/mol.